The van der Waals surface area contributed by atoms with Crippen molar-refractivity contribution in [3.8, 4) is 17.2 Å². The molecule has 2 aliphatic rings. The molecule has 1 fully saturated rings. The second kappa shape index (κ2) is 5.68. The summed E-state index contributed by atoms with van der Waals surface area (Å²) in [6, 6.07) is 8.85. The van der Waals surface area contributed by atoms with E-state index in [1.54, 1.807) is 24.3 Å². The first-order valence-corrected chi connectivity index (χ1v) is 10.1. The molecule has 0 N–H and O–H groups in total. The molecule has 0 aromatic heterocycles. The number of halogens is 4. The first-order valence-electron chi connectivity index (χ1n) is 6.77. The van der Waals surface area contributed by atoms with E-state index in [0.29, 0.717) is 5.75 Å². The summed E-state index contributed by atoms with van der Waals surface area (Å²) >= 11 is 24.6. The Balaban J connectivity index is 1.84. The van der Waals surface area contributed by atoms with Crippen molar-refractivity contribution < 1.29 is 22.6 Å². The van der Waals surface area contributed by atoms with Gasteiger partial charge in [-0.05, 0) is 0 Å². The fourth-order valence-electron chi connectivity index (χ4n) is 2.33. The summed E-state index contributed by atoms with van der Waals surface area (Å²) in [6.07, 6.45) is 0. The molecule has 5 nitrogen and oxygen atoms in total. The van der Waals surface area contributed by atoms with E-state index < -0.39 is 7.74 Å². The van der Waals surface area contributed by atoms with Crippen molar-refractivity contribution in [2.24, 2.45) is 0 Å². The fraction of sp³-hybridized carbons (Fsp3) is 0.143. The predicted molar refractivity (Wildman–Crippen MR) is 93.6 cm³/mol. The van der Waals surface area contributed by atoms with Crippen molar-refractivity contribution in [1.82, 2.24) is 0 Å². The molecule has 128 valence electrons. The standard InChI is InChI=1S/C14H9Cl4O5P/c15-9-10(16)12(18)14-13(11(9)17)22-24(23-14,19-6-7-20-24)21-8-4-2-1-3-5-8/h1-5H,6-7H2. The zero-order valence-corrected chi connectivity index (χ0v) is 15.7. The third-order valence-electron chi connectivity index (χ3n) is 3.35. The average Bonchev–Trinajstić information content (AvgIpc) is 3.15. The SMILES string of the molecule is Clc1c(Cl)c(Cl)c2c(c1Cl)OP1(Oc3ccccc3)(OCCO1)O2. The summed E-state index contributed by atoms with van der Waals surface area (Å²) in [5.41, 5.74) is 0. The summed E-state index contributed by atoms with van der Waals surface area (Å²) < 4.78 is 29.1. The van der Waals surface area contributed by atoms with Gasteiger partial charge in [0, 0.05) is 0 Å². The van der Waals surface area contributed by atoms with E-state index in [2.05, 4.69) is 0 Å². The normalized spacial score (nSPS) is 21.4. The summed E-state index contributed by atoms with van der Waals surface area (Å²) in [5.74, 6) is 0.590. The molecule has 10 heteroatoms. The second-order valence-electron chi connectivity index (χ2n) is 4.91. The number of para-hydroxylation sites is 1. The van der Waals surface area contributed by atoms with Crippen molar-refractivity contribution in [3.05, 3.63) is 50.4 Å². The Morgan fingerprint density at radius 3 is 1.75 bits per heavy atom. The molecule has 2 aromatic rings. The Morgan fingerprint density at radius 2 is 1.25 bits per heavy atom. The van der Waals surface area contributed by atoms with Crippen molar-refractivity contribution in [2.75, 3.05) is 13.2 Å². The minimum atomic E-state index is -4.45. The third-order valence-corrected chi connectivity index (χ3v) is 7.80. The van der Waals surface area contributed by atoms with Crippen LogP contribution in [0.2, 0.25) is 20.1 Å². The van der Waals surface area contributed by atoms with Gasteiger partial charge in [0.1, 0.15) is 0 Å². The van der Waals surface area contributed by atoms with Crippen LogP contribution in [-0.2, 0) is 9.05 Å². The third kappa shape index (κ3) is 2.43. The van der Waals surface area contributed by atoms with Crippen molar-refractivity contribution in [3.63, 3.8) is 0 Å². The van der Waals surface area contributed by atoms with Crippen LogP contribution in [-0.4, -0.2) is 13.2 Å². The van der Waals surface area contributed by atoms with Gasteiger partial charge in [0.15, 0.2) is 0 Å². The van der Waals surface area contributed by atoms with Crippen LogP contribution in [0.25, 0.3) is 0 Å². The second-order valence-corrected chi connectivity index (χ2v) is 8.98. The van der Waals surface area contributed by atoms with E-state index in [4.69, 9.17) is 69.0 Å². The van der Waals surface area contributed by atoms with Gasteiger partial charge < -0.3 is 0 Å². The number of fused-ring (bicyclic) bond motifs is 1. The van der Waals surface area contributed by atoms with Gasteiger partial charge >= 0.3 is 158 Å². The Hall–Kier alpha value is -0.650. The maximum atomic E-state index is 6.22. The molecule has 0 bridgehead atoms. The van der Waals surface area contributed by atoms with Gasteiger partial charge in [0.05, 0.1) is 0 Å². The van der Waals surface area contributed by atoms with Crippen LogP contribution in [0.4, 0.5) is 0 Å². The average molecular weight is 430 g/mol. The van der Waals surface area contributed by atoms with Gasteiger partial charge in [-0.3, -0.25) is 0 Å². The number of hydrogen-bond acceptors (Lipinski definition) is 5. The van der Waals surface area contributed by atoms with Gasteiger partial charge in [-0.2, -0.15) is 0 Å². The minimum absolute atomic E-state index is 0.0401. The molecule has 0 aliphatic carbocycles. The number of rotatable bonds is 2. The van der Waals surface area contributed by atoms with Crippen LogP contribution < -0.4 is 13.6 Å². The topological polar surface area (TPSA) is 46.2 Å². The molecular formula is C14H9Cl4O5P. The molecule has 2 aliphatic heterocycles. The molecule has 0 amide bonds. The Morgan fingerprint density at radius 1 is 0.750 bits per heavy atom. The summed E-state index contributed by atoms with van der Waals surface area (Å²) in [4.78, 5) is 0. The van der Waals surface area contributed by atoms with E-state index in [1.165, 1.54) is 0 Å². The van der Waals surface area contributed by atoms with Crippen molar-refractivity contribution in [2.45, 2.75) is 0 Å². The van der Waals surface area contributed by atoms with E-state index in [9.17, 15) is 0 Å². The predicted octanol–water partition coefficient (Wildman–Crippen LogP) is 6.33. The molecule has 4 rings (SSSR count). The molecule has 1 saturated heterocycles. The summed E-state index contributed by atoms with van der Waals surface area (Å²) in [6.45, 7) is 0.435. The molecule has 2 heterocycles. The van der Waals surface area contributed by atoms with Crippen LogP contribution in [0.1, 0.15) is 0 Å². The molecule has 24 heavy (non-hydrogen) atoms. The van der Waals surface area contributed by atoms with Gasteiger partial charge in [0.25, 0.3) is 0 Å². The summed E-state index contributed by atoms with van der Waals surface area (Å²) in [7, 11) is -4.45. The van der Waals surface area contributed by atoms with Crippen LogP contribution in [0.5, 0.6) is 17.2 Å². The maximum absolute atomic E-state index is 6.22. The number of benzene rings is 2. The van der Waals surface area contributed by atoms with E-state index in [-0.39, 0.29) is 44.8 Å². The Bertz CT molecular complexity index is 785. The molecule has 0 saturated carbocycles. The molecule has 1 spiro atoms. The molecule has 0 atom stereocenters. The molecular weight excluding hydrogens is 421 g/mol. The van der Waals surface area contributed by atoms with E-state index in [1.807, 2.05) is 6.07 Å². The first-order chi connectivity index (χ1) is 11.4. The zero-order chi connectivity index (χ0) is 17.0. The Kier molecular flexibility index (Phi) is 3.98. The van der Waals surface area contributed by atoms with Crippen LogP contribution in [0.15, 0.2) is 30.3 Å². The molecule has 0 radical (unpaired) electrons. The molecule has 0 unspecified atom stereocenters. The Labute approximate surface area is 157 Å². The summed E-state index contributed by atoms with van der Waals surface area (Å²) in [5, 5.41) is 0.169. The first kappa shape index (κ1) is 16.8. The number of hydrogen-bond donors (Lipinski definition) is 0. The van der Waals surface area contributed by atoms with Gasteiger partial charge in [0.2, 0.25) is 0 Å². The fourth-order valence-corrected chi connectivity index (χ4v) is 5.99. The zero-order valence-electron chi connectivity index (χ0n) is 11.8. The van der Waals surface area contributed by atoms with Gasteiger partial charge in [-0.25, -0.2) is 0 Å². The van der Waals surface area contributed by atoms with Crippen molar-refractivity contribution in [1.29, 1.82) is 0 Å². The van der Waals surface area contributed by atoms with Gasteiger partial charge in [-0.1, -0.05) is 0 Å². The van der Waals surface area contributed by atoms with E-state index >= 15 is 0 Å². The van der Waals surface area contributed by atoms with Gasteiger partial charge in [-0.15, -0.1) is 0 Å². The van der Waals surface area contributed by atoms with Crippen LogP contribution >= 0.6 is 54.1 Å². The van der Waals surface area contributed by atoms with E-state index in [0.717, 1.165) is 0 Å². The monoisotopic (exact) mass is 428 g/mol. The van der Waals surface area contributed by atoms with Crippen LogP contribution in [0, 0.1) is 0 Å². The van der Waals surface area contributed by atoms with Crippen molar-refractivity contribution >= 4 is 54.1 Å². The quantitative estimate of drug-likeness (QED) is 0.317. The van der Waals surface area contributed by atoms with Crippen LogP contribution in [0.3, 0.4) is 0 Å². The molecule has 2 aromatic carbocycles.